The molecule has 1 unspecified atom stereocenters. The molecule has 3 aliphatic carbocycles. The van der Waals surface area contributed by atoms with Crippen molar-refractivity contribution in [3.63, 3.8) is 0 Å². The van der Waals surface area contributed by atoms with Crippen LogP contribution in [0.15, 0.2) is 24.3 Å². The first-order valence-electron chi connectivity index (χ1n) is 12.4. The van der Waals surface area contributed by atoms with Crippen molar-refractivity contribution in [1.29, 1.82) is 0 Å². The van der Waals surface area contributed by atoms with Gasteiger partial charge in [0.05, 0.1) is 0 Å². The molecule has 0 aliphatic heterocycles. The number of carbonyl (C=O) groups excluding carboxylic acids is 2. The van der Waals surface area contributed by atoms with Crippen LogP contribution >= 0.6 is 40.5 Å². The summed E-state index contributed by atoms with van der Waals surface area (Å²) in [6.45, 7) is 10.5. The lowest BCUT2D eigenvalue weighted by Crippen LogP contribution is -2.56. The minimum atomic E-state index is -1.25. The number of Topliss-reactive ketones (excluding diaryl/α,β-unsaturated/α-hetero) is 1. The Morgan fingerprint density at radius 1 is 1.11 bits per heavy atom. The molecule has 3 saturated carbocycles. The van der Waals surface area contributed by atoms with E-state index < -0.39 is 11.9 Å². The Morgan fingerprint density at radius 3 is 2.30 bits per heavy atom. The zero-order chi connectivity index (χ0) is 25.3. The lowest BCUT2D eigenvalue weighted by molar-refractivity contribution is -0.151. The molecule has 0 spiro atoms. The van der Waals surface area contributed by atoms with E-state index in [4.69, 9.17) is 9.84 Å². The van der Waals surface area contributed by atoms with Gasteiger partial charge < -0.3 is 14.9 Å². The average Bonchev–Trinajstić information content (AvgIpc) is 2.74. The number of ether oxygens (including phenoxy) is 1. The van der Waals surface area contributed by atoms with Gasteiger partial charge in [0.15, 0.2) is 0 Å². The maximum absolute atomic E-state index is 12.8. The second kappa shape index (κ2) is 14.0. The van der Waals surface area contributed by atoms with Crippen molar-refractivity contribution in [3.05, 3.63) is 35.4 Å². The van der Waals surface area contributed by atoms with E-state index >= 15 is 0 Å². The third-order valence-corrected chi connectivity index (χ3v) is 8.14. The lowest BCUT2D eigenvalue weighted by atomic mass is 9.44. The summed E-state index contributed by atoms with van der Waals surface area (Å²) >= 11 is 0. The van der Waals surface area contributed by atoms with E-state index in [0.29, 0.717) is 12.0 Å². The van der Waals surface area contributed by atoms with Crippen molar-refractivity contribution in [2.45, 2.75) is 90.9 Å². The first-order valence-corrected chi connectivity index (χ1v) is 12.4. The molecule has 9 heteroatoms. The highest BCUT2D eigenvalue weighted by atomic mass is 32.1. The fraction of sp³-hybridized carbons (Fsp3) is 0.607. The number of fused-ring (bicyclic) bond motifs is 2. The monoisotopic (exact) mass is 572 g/mol. The van der Waals surface area contributed by atoms with Crippen LogP contribution in [0.5, 0.6) is 11.5 Å². The van der Waals surface area contributed by atoms with Crippen LogP contribution in [0.25, 0.3) is 0 Å². The van der Waals surface area contributed by atoms with E-state index in [9.17, 15) is 19.5 Å². The number of benzene rings is 1. The molecule has 2 N–H and O–H groups in total. The summed E-state index contributed by atoms with van der Waals surface area (Å²) < 4.78 is 5.62. The van der Waals surface area contributed by atoms with Gasteiger partial charge in [0, 0.05) is 36.0 Å². The number of esters is 1. The zero-order valence-electron chi connectivity index (χ0n) is 22.5. The molecule has 210 valence electrons. The Hall–Kier alpha value is -1.58. The SMILES string of the molecule is CCCCCCC(C)(C)c1cc(O)c(C2CC(=O)[C@H]3C[C@@H]2C3(C)C)c(OC(=O)/C=C/C(=O)O)c1.S.S.S. The molecular weight excluding hydrogens is 529 g/mol. The highest BCUT2D eigenvalue weighted by Crippen LogP contribution is 2.64. The normalized spacial score (nSPS) is 21.6. The molecule has 1 aromatic rings. The number of aliphatic carboxylic acids is 1. The Kier molecular flexibility index (Phi) is 13.4. The van der Waals surface area contributed by atoms with E-state index in [1.54, 1.807) is 12.1 Å². The zero-order valence-corrected chi connectivity index (χ0v) is 25.5. The Morgan fingerprint density at radius 2 is 1.76 bits per heavy atom. The number of carbonyl (C=O) groups is 3. The van der Waals surface area contributed by atoms with Gasteiger partial charge >= 0.3 is 11.9 Å². The summed E-state index contributed by atoms with van der Waals surface area (Å²) in [7, 11) is 0. The number of carboxylic acids is 1. The van der Waals surface area contributed by atoms with Crippen LogP contribution in [-0.2, 0) is 19.8 Å². The Balaban J connectivity index is 0.00000432. The minimum Gasteiger partial charge on any atom is -0.508 e. The maximum atomic E-state index is 12.8. The number of hydrogen-bond donors (Lipinski definition) is 2. The molecular formula is C28H44O6S3. The van der Waals surface area contributed by atoms with Gasteiger partial charge in [-0.2, -0.15) is 40.5 Å². The molecule has 3 atom stereocenters. The summed E-state index contributed by atoms with van der Waals surface area (Å²) in [6.07, 6.45) is 8.09. The highest BCUT2D eigenvalue weighted by molar-refractivity contribution is 7.59. The van der Waals surface area contributed by atoms with Gasteiger partial charge in [0.2, 0.25) is 0 Å². The van der Waals surface area contributed by atoms with Crippen LogP contribution in [0.1, 0.15) is 96.6 Å². The third-order valence-electron chi connectivity index (χ3n) is 8.14. The summed E-state index contributed by atoms with van der Waals surface area (Å²) in [6, 6.07) is 3.55. The molecule has 3 fully saturated rings. The molecule has 3 aliphatic rings. The molecule has 0 heterocycles. The standard InChI is InChI=1S/C28H38O6.3H2S/c1-6-7-8-9-12-27(2,3)17-13-22(30)26(23(14-17)34-25(33)11-10-24(31)32)18-15-21(29)20-16-19(18)28(20,4)5;;;/h10-11,13-14,18-20,30H,6-9,12,15-16H2,1-5H3,(H,31,32);3*1H2/b11-10+;;;/t18?,19-,20+;;;/m0.../s1. The van der Waals surface area contributed by atoms with Crippen LogP contribution < -0.4 is 4.74 Å². The Bertz CT molecular complexity index is 1000. The Labute approximate surface area is 242 Å². The number of unbranched alkanes of at least 4 members (excludes halogenated alkanes) is 3. The lowest BCUT2D eigenvalue weighted by Gasteiger charge is -2.59. The van der Waals surface area contributed by atoms with Crippen LogP contribution in [0.4, 0.5) is 0 Å². The first kappa shape index (κ1) is 35.4. The number of phenolic OH excluding ortho intramolecular Hbond substituents is 1. The third kappa shape index (κ3) is 7.73. The number of aromatic hydroxyl groups is 1. The molecule has 0 saturated heterocycles. The molecule has 4 rings (SSSR count). The second-order valence-corrected chi connectivity index (χ2v) is 11.2. The van der Waals surface area contributed by atoms with Crippen molar-refractivity contribution in [2.75, 3.05) is 0 Å². The fourth-order valence-electron chi connectivity index (χ4n) is 5.87. The van der Waals surface area contributed by atoms with Crippen LogP contribution in [0.2, 0.25) is 0 Å². The van der Waals surface area contributed by atoms with E-state index in [-0.39, 0.29) is 86.4 Å². The van der Waals surface area contributed by atoms with E-state index in [2.05, 4.69) is 34.6 Å². The molecule has 0 amide bonds. The number of hydrogen-bond acceptors (Lipinski definition) is 5. The van der Waals surface area contributed by atoms with Crippen molar-refractivity contribution >= 4 is 58.2 Å². The number of rotatable bonds is 10. The van der Waals surface area contributed by atoms with E-state index in [0.717, 1.165) is 49.8 Å². The number of ketones is 1. The van der Waals surface area contributed by atoms with Crippen LogP contribution in [0.3, 0.4) is 0 Å². The summed E-state index contributed by atoms with van der Waals surface area (Å²) in [5, 5.41) is 20.1. The van der Waals surface area contributed by atoms with Gasteiger partial charge in [0.1, 0.15) is 17.3 Å². The number of carboxylic acid groups (broad SMARTS) is 1. The van der Waals surface area contributed by atoms with E-state index in [1.807, 2.05) is 0 Å². The van der Waals surface area contributed by atoms with Crippen LogP contribution in [0, 0.1) is 17.3 Å². The van der Waals surface area contributed by atoms with Gasteiger partial charge in [-0.25, -0.2) is 9.59 Å². The fourth-order valence-corrected chi connectivity index (χ4v) is 5.87. The number of phenols is 1. The summed E-state index contributed by atoms with van der Waals surface area (Å²) in [4.78, 5) is 36.1. The van der Waals surface area contributed by atoms with E-state index in [1.165, 1.54) is 6.42 Å². The second-order valence-electron chi connectivity index (χ2n) is 11.2. The molecule has 0 aromatic heterocycles. The van der Waals surface area contributed by atoms with Gasteiger partial charge in [-0.05, 0) is 47.3 Å². The largest absolute Gasteiger partial charge is 0.508 e. The molecule has 1 aromatic carbocycles. The van der Waals surface area contributed by atoms with Crippen molar-refractivity contribution in [2.24, 2.45) is 17.3 Å². The summed E-state index contributed by atoms with van der Waals surface area (Å²) in [5.74, 6) is -1.65. The molecule has 2 bridgehead atoms. The molecule has 37 heavy (non-hydrogen) atoms. The topological polar surface area (TPSA) is 101 Å². The molecule has 6 nitrogen and oxygen atoms in total. The van der Waals surface area contributed by atoms with Gasteiger partial charge in [-0.1, -0.05) is 60.3 Å². The van der Waals surface area contributed by atoms with Crippen molar-refractivity contribution in [1.82, 2.24) is 0 Å². The van der Waals surface area contributed by atoms with Crippen molar-refractivity contribution in [3.8, 4) is 11.5 Å². The molecule has 0 radical (unpaired) electrons. The maximum Gasteiger partial charge on any atom is 0.336 e. The smallest absolute Gasteiger partial charge is 0.336 e. The predicted molar refractivity (Wildman–Crippen MR) is 161 cm³/mol. The highest BCUT2D eigenvalue weighted by Gasteiger charge is 2.59. The average molecular weight is 573 g/mol. The van der Waals surface area contributed by atoms with Gasteiger partial charge in [-0.3, -0.25) is 4.79 Å². The van der Waals surface area contributed by atoms with Gasteiger partial charge in [-0.15, -0.1) is 0 Å². The van der Waals surface area contributed by atoms with Crippen molar-refractivity contribution < 1.29 is 29.3 Å². The minimum absolute atomic E-state index is 0. The summed E-state index contributed by atoms with van der Waals surface area (Å²) in [5.41, 5.74) is 0.898. The predicted octanol–water partition coefficient (Wildman–Crippen LogP) is 6.24. The first-order chi connectivity index (χ1) is 15.9. The van der Waals surface area contributed by atoms with Gasteiger partial charge in [0.25, 0.3) is 0 Å². The quantitative estimate of drug-likeness (QED) is 0.149. The van der Waals surface area contributed by atoms with Crippen LogP contribution in [-0.4, -0.2) is 27.9 Å².